The van der Waals surface area contributed by atoms with Gasteiger partial charge in [-0.25, -0.2) is 0 Å². The second-order valence-corrected chi connectivity index (χ2v) is 0. The van der Waals surface area contributed by atoms with Gasteiger partial charge < -0.3 is 2.85 Å². The Morgan fingerprint density at radius 3 is 1.20 bits per heavy atom. The Balaban J connectivity index is -0.000000000500. The molecule has 1 nitrogen and oxygen atoms in total. The van der Waals surface area contributed by atoms with E-state index in [0.29, 0.717) is 0 Å². The molecule has 0 saturated heterocycles. The summed E-state index contributed by atoms with van der Waals surface area (Å²) in [5.41, 5.74) is 0. The maximum absolute atomic E-state index is 7.81. The van der Waals surface area contributed by atoms with Gasteiger partial charge in [0.15, 0.2) is 0 Å². The van der Waals surface area contributed by atoms with Crippen LogP contribution in [0.15, 0.2) is 0 Å². The average molecular weight is 195 g/mol. The van der Waals surface area contributed by atoms with E-state index in [-0.39, 0.29) is 65.4 Å². The summed E-state index contributed by atoms with van der Waals surface area (Å²) in [6, 6.07) is 0. The van der Waals surface area contributed by atoms with E-state index in [2.05, 4.69) is 15.9 Å². The molecule has 0 aliphatic heterocycles. The first kappa shape index (κ1) is 27.2. The van der Waals surface area contributed by atoms with Gasteiger partial charge in [-0.3, -0.25) is 0 Å². The van der Waals surface area contributed by atoms with E-state index < -0.39 is 0 Å². The molecule has 0 heterocycles. The molecule has 0 aromatic carbocycles. The van der Waals surface area contributed by atoms with Crippen molar-refractivity contribution in [2.75, 3.05) is 0 Å². The summed E-state index contributed by atoms with van der Waals surface area (Å²) in [4.78, 5) is 0. The molecule has 0 aliphatic rings. The van der Waals surface area contributed by atoms with Crippen molar-refractivity contribution in [1.82, 2.24) is 0 Å². The van der Waals surface area contributed by atoms with Gasteiger partial charge in [0.05, 0.1) is 0 Å². The predicted molar refractivity (Wildman–Crippen MR) is 23.2 cm³/mol. The van der Waals surface area contributed by atoms with E-state index in [1.807, 2.05) is 0 Å². The van der Waals surface area contributed by atoms with E-state index in [1.54, 1.807) is 0 Å². The van der Waals surface area contributed by atoms with E-state index in [0.717, 1.165) is 0 Å². The standard InChI is InChI=1S/Ca.2ClH.Cu.O.2H/h;2*1H;;;;/q+2;;;;;2*-1. The van der Waals surface area contributed by atoms with Gasteiger partial charge in [-0.1, -0.05) is 0 Å². The van der Waals surface area contributed by atoms with Gasteiger partial charge in [-0.05, 0) is 0 Å². The van der Waals surface area contributed by atoms with Crippen molar-refractivity contribution in [1.29, 1.82) is 0 Å². The zero-order chi connectivity index (χ0) is 2.00. The van der Waals surface area contributed by atoms with Crippen molar-refractivity contribution in [2.45, 2.75) is 0 Å². The van der Waals surface area contributed by atoms with Crippen LogP contribution in [-0.2, 0) is 19.8 Å². The van der Waals surface area contributed by atoms with E-state index >= 15 is 0 Å². The maximum atomic E-state index is 7.81. The van der Waals surface area contributed by atoms with E-state index in [1.165, 1.54) is 0 Å². The Kier molecular flexibility index (Phi) is 191. The van der Waals surface area contributed by atoms with Crippen molar-refractivity contribution in [2.24, 2.45) is 0 Å². The van der Waals surface area contributed by atoms with Gasteiger partial charge >= 0.3 is 57.5 Å². The molecule has 0 aromatic rings. The third kappa shape index (κ3) is 22.9. The third-order valence-electron chi connectivity index (χ3n) is 0. The summed E-state index contributed by atoms with van der Waals surface area (Å²) in [5, 5.41) is 0. The summed E-state index contributed by atoms with van der Waals surface area (Å²) in [5.74, 6) is 0. The van der Waals surface area contributed by atoms with Crippen LogP contribution in [0.2, 0.25) is 0 Å². The minimum absolute atomic E-state index is 0. The van der Waals surface area contributed by atoms with E-state index in [4.69, 9.17) is 3.83 Å². The molecule has 0 aliphatic carbocycles. The first-order chi connectivity index (χ1) is 1.00. The molecule has 0 radical (unpaired) electrons. The average Bonchev–Trinajstić information content (AvgIpc) is 1.00. The fourth-order valence-corrected chi connectivity index (χ4v) is 0. The Bertz CT molecular complexity index is 15.7. The summed E-state index contributed by atoms with van der Waals surface area (Å²) in [6.45, 7) is 0. The van der Waals surface area contributed by atoms with Crippen molar-refractivity contribution in [3.05, 3.63) is 0 Å². The summed E-state index contributed by atoms with van der Waals surface area (Å²) >= 11 is 2.94. The molecule has 0 saturated carbocycles. The van der Waals surface area contributed by atoms with Crippen LogP contribution in [0, 0.1) is 0 Å². The van der Waals surface area contributed by atoms with Crippen LogP contribution in [-0.4, -0.2) is 37.7 Å². The van der Waals surface area contributed by atoms with Gasteiger partial charge in [-0.2, -0.15) is 0 Å². The van der Waals surface area contributed by atoms with Crippen molar-refractivity contribution in [3.63, 3.8) is 0 Å². The topological polar surface area (TPSA) is 17.1 Å². The van der Waals surface area contributed by atoms with Crippen LogP contribution in [0.3, 0.4) is 0 Å². The summed E-state index contributed by atoms with van der Waals surface area (Å²) in [7, 11) is 0. The second-order valence-electron chi connectivity index (χ2n) is 0. The van der Waals surface area contributed by atoms with Crippen LogP contribution in [0.1, 0.15) is 2.85 Å². The molecule has 0 bridgehead atoms. The zero-order valence-corrected chi connectivity index (χ0v) is 7.02. The van der Waals surface area contributed by atoms with Crippen LogP contribution in [0.25, 0.3) is 0 Å². The molecule has 37 valence electrons. The second kappa shape index (κ2) is 35.2. The normalized spacial score (nSPS) is 1.20. The number of hydrogen-bond acceptors (Lipinski definition) is 1. The van der Waals surface area contributed by atoms with Gasteiger partial charge in [0.25, 0.3) is 0 Å². The number of halogens is 2. The van der Waals surface area contributed by atoms with E-state index in [9.17, 15) is 0 Å². The fourth-order valence-electron chi connectivity index (χ4n) is 0. The van der Waals surface area contributed by atoms with Crippen molar-refractivity contribution >= 4 is 62.6 Å². The summed E-state index contributed by atoms with van der Waals surface area (Å²) < 4.78 is 7.81. The molecule has 0 spiro atoms. The van der Waals surface area contributed by atoms with Crippen LogP contribution < -0.4 is 0 Å². The molecule has 5 heteroatoms. The van der Waals surface area contributed by atoms with Crippen molar-refractivity contribution < 1.29 is 22.6 Å². The molecule has 0 N–H and O–H groups in total. The molecule has 5 heavy (non-hydrogen) atoms. The summed E-state index contributed by atoms with van der Waals surface area (Å²) in [6.07, 6.45) is 0. The number of rotatable bonds is 0. The Morgan fingerprint density at radius 1 is 1.20 bits per heavy atom. The van der Waals surface area contributed by atoms with Crippen LogP contribution in [0.4, 0.5) is 0 Å². The predicted octanol–water partition coefficient (Wildman–Crippen LogP) is 0.567. The molecule has 0 amide bonds. The minimum atomic E-state index is 0. The quantitative estimate of drug-likeness (QED) is 0.516. The molecular formula is H4CaCl2CuO. The van der Waals surface area contributed by atoms with Crippen LogP contribution >= 0.6 is 24.8 Å². The van der Waals surface area contributed by atoms with Gasteiger partial charge in [0.2, 0.25) is 0 Å². The molecule has 0 unspecified atom stereocenters. The molecule has 0 atom stereocenters. The first-order valence-electron chi connectivity index (χ1n) is 0.123. The third-order valence-corrected chi connectivity index (χ3v) is 0. The molecule has 0 aromatic heterocycles. The molecule has 0 rings (SSSR count). The number of hydrogen-bond donors (Lipinski definition) is 0. The molecular weight excluding hydrogens is 191 g/mol. The first-order valence-corrected chi connectivity index (χ1v) is 0.508. The van der Waals surface area contributed by atoms with Gasteiger partial charge in [0.1, 0.15) is 0 Å². The van der Waals surface area contributed by atoms with Crippen molar-refractivity contribution in [3.8, 4) is 0 Å². The van der Waals surface area contributed by atoms with Gasteiger partial charge in [-0.15, -0.1) is 24.8 Å². The SMILES string of the molecule is Cl.Cl.[Ca+2].[H-].[H-].[O]=[Cu]. The Labute approximate surface area is 84.1 Å². The zero-order valence-electron chi connectivity index (χ0n) is 4.23. The Morgan fingerprint density at radius 2 is 1.20 bits per heavy atom. The monoisotopic (exact) mass is 193 g/mol. The molecule has 0 fully saturated rings. The Hall–Kier alpha value is 2.16. The van der Waals surface area contributed by atoms with Gasteiger partial charge in [0, 0.05) is 0 Å². The van der Waals surface area contributed by atoms with Crippen LogP contribution in [0.5, 0.6) is 0 Å². The fraction of sp³-hybridized carbons (Fsp3) is 0.